The molecule has 1 aromatic rings. The summed E-state index contributed by atoms with van der Waals surface area (Å²) < 4.78 is 0. The number of anilines is 1. The molecule has 1 aromatic heterocycles. The van der Waals surface area contributed by atoms with Gasteiger partial charge in [0, 0.05) is 31.4 Å². The van der Waals surface area contributed by atoms with E-state index in [1.807, 2.05) is 39.0 Å². The van der Waals surface area contributed by atoms with Crippen molar-refractivity contribution in [2.45, 2.75) is 58.1 Å². The van der Waals surface area contributed by atoms with Gasteiger partial charge in [-0.1, -0.05) is 19.9 Å². The molecule has 2 amide bonds. The molecule has 0 atom stereocenters. The average Bonchev–Trinajstić information content (AvgIpc) is 2.60. The third-order valence-electron chi connectivity index (χ3n) is 4.92. The van der Waals surface area contributed by atoms with Crippen LogP contribution in [0.3, 0.4) is 0 Å². The number of nitrogens with zero attached hydrogens (tertiary/aromatic N) is 2. The second kappa shape index (κ2) is 8.33. The Labute approximate surface area is 144 Å². The van der Waals surface area contributed by atoms with E-state index in [-0.39, 0.29) is 18.6 Å². The van der Waals surface area contributed by atoms with Gasteiger partial charge in [-0.25, -0.2) is 9.78 Å². The minimum Gasteiger partial charge on any atom is -0.388 e. The highest BCUT2D eigenvalue weighted by atomic mass is 16.3. The number of pyridine rings is 1. The zero-order valence-corrected chi connectivity index (χ0v) is 15.0. The van der Waals surface area contributed by atoms with E-state index in [2.05, 4.69) is 20.5 Å². The minimum absolute atomic E-state index is 0.169. The van der Waals surface area contributed by atoms with E-state index >= 15 is 0 Å². The van der Waals surface area contributed by atoms with Crippen molar-refractivity contribution < 1.29 is 9.90 Å². The average molecular weight is 334 g/mol. The predicted octanol–water partition coefficient (Wildman–Crippen LogP) is 2.21. The first-order valence-electron chi connectivity index (χ1n) is 8.91. The molecule has 24 heavy (non-hydrogen) atoms. The Morgan fingerprint density at radius 1 is 1.33 bits per heavy atom. The number of nitrogens with one attached hydrogen (secondary N) is 2. The van der Waals surface area contributed by atoms with Gasteiger partial charge in [0.2, 0.25) is 0 Å². The number of urea groups is 1. The zero-order valence-electron chi connectivity index (χ0n) is 15.0. The van der Waals surface area contributed by atoms with Gasteiger partial charge in [-0.15, -0.1) is 0 Å². The molecule has 134 valence electrons. The molecule has 1 saturated heterocycles. The number of amides is 2. The Bertz CT molecular complexity index is 538. The van der Waals surface area contributed by atoms with Crippen LogP contribution >= 0.6 is 0 Å². The van der Waals surface area contributed by atoms with E-state index in [1.54, 1.807) is 0 Å². The van der Waals surface area contributed by atoms with Crippen LogP contribution in [0.1, 0.15) is 45.2 Å². The SMILES string of the molecule is CCC(O)(CC)CNC(=O)NC1CCN(c2cccc(C)n2)CC1. The van der Waals surface area contributed by atoms with E-state index in [0.717, 1.165) is 37.4 Å². The Hall–Kier alpha value is -1.82. The lowest BCUT2D eigenvalue weighted by Gasteiger charge is -2.33. The van der Waals surface area contributed by atoms with Gasteiger partial charge in [0.25, 0.3) is 0 Å². The molecular weight excluding hydrogens is 304 g/mol. The first-order valence-corrected chi connectivity index (χ1v) is 8.91. The third kappa shape index (κ3) is 5.09. The molecule has 0 aromatic carbocycles. The number of hydrogen-bond acceptors (Lipinski definition) is 4. The molecule has 0 radical (unpaired) electrons. The fraction of sp³-hybridized carbons (Fsp3) is 0.667. The number of rotatable bonds is 6. The number of carbonyl (C=O) groups excluding carboxylic acids is 1. The highest BCUT2D eigenvalue weighted by molar-refractivity contribution is 5.74. The lowest BCUT2D eigenvalue weighted by atomic mass is 9.98. The van der Waals surface area contributed by atoms with Crippen molar-refractivity contribution in [1.82, 2.24) is 15.6 Å². The van der Waals surface area contributed by atoms with Crippen LogP contribution < -0.4 is 15.5 Å². The lowest BCUT2D eigenvalue weighted by Crippen LogP contribution is -2.51. The highest BCUT2D eigenvalue weighted by Crippen LogP contribution is 2.18. The van der Waals surface area contributed by atoms with Crippen molar-refractivity contribution >= 4 is 11.8 Å². The van der Waals surface area contributed by atoms with E-state index < -0.39 is 5.60 Å². The molecule has 6 heteroatoms. The van der Waals surface area contributed by atoms with E-state index in [4.69, 9.17) is 0 Å². The summed E-state index contributed by atoms with van der Waals surface area (Å²) in [4.78, 5) is 18.8. The monoisotopic (exact) mass is 334 g/mol. The second-order valence-corrected chi connectivity index (χ2v) is 6.66. The quantitative estimate of drug-likeness (QED) is 0.745. The molecule has 1 aliphatic heterocycles. The summed E-state index contributed by atoms with van der Waals surface area (Å²) >= 11 is 0. The molecule has 2 rings (SSSR count). The summed E-state index contributed by atoms with van der Waals surface area (Å²) in [6, 6.07) is 6.03. The summed E-state index contributed by atoms with van der Waals surface area (Å²) in [5.74, 6) is 1.01. The maximum Gasteiger partial charge on any atom is 0.315 e. The van der Waals surface area contributed by atoms with E-state index in [0.29, 0.717) is 12.8 Å². The Morgan fingerprint density at radius 3 is 2.58 bits per heavy atom. The van der Waals surface area contributed by atoms with Gasteiger partial charge in [0.15, 0.2) is 0 Å². The van der Waals surface area contributed by atoms with E-state index in [1.165, 1.54) is 0 Å². The van der Waals surface area contributed by atoms with Crippen molar-refractivity contribution in [3.63, 3.8) is 0 Å². The summed E-state index contributed by atoms with van der Waals surface area (Å²) in [5.41, 5.74) is 0.212. The maximum absolute atomic E-state index is 12.0. The first kappa shape index (κ1) is 18.5. The zero-order chi connectivity index (χ0) is 17.6. The third-order valence-corrected chi connectivity index (χ3v) is 4.92. The van der Waals surface area contributed by atoms with Crippen LogP contribution in [0.5, 0.6) is 0 Å². The molecule has 1 fully saturated rings. The topological polar surface area (TPSA) is 77.5 Å². The fourth-order valence-electron chi connectivity index (χ4n) is 2.94. The van der Waals surface area contributed by atoms with Crippen LogP contribution in [0, 0.1) is 6.92 Å². The van der Waals surface area contributed by atoms with E-state index in [9.17, 15) is 9.90 Å². The lowest BCUT2D eigenvalue weighted by molar-refractivity contribution is 0.0348. The molecular formula is C18H30N4O2. The number of aliphatic hydroxyl groups is 1. The van der Waals surface area contributed by atoms with Crippen LogP contribution in [0.25, 0.3) is 0 Å². The van der Waals surface area contributed by atoms with Gasteiger partial charge >= 0.3 is 6.03 Å². The van der Waals surface area contributed by atoms with Crippen LogP contribution in [0.15, 0.2) is 18.2 Å². The normalized spacial score (nSPS) is 16.1. The number of hydrogen-bond donors (Lipinski definition) is 3. The molecule has 0 spiro atoms. The Balaban J connectivity index is 1.75. The van der Waals surface area contributed by atoms with Crippen LogP contribution in [-0.4, -0.2) is 47.4 Å². The Morgan fingerprint density at radius 2 is 2.00 bits per heavy atom. The van der Waals surface area contributed by atoms with Gasteiger partial charge in [0.1, 0.15) is 5.82 Å². The molecule has 1 aliphatic rings. The summed E-state index contributed by atoms with van der Waals surface area (Å²) in [5, 5.41) is 16.0. The minimum atomic E-state index is -0.808. The number of carbonyl (C=O) groups is 1. The second-order valence-electron chi connectivity index (χ2n) is 6.66. The molecule has 0 saturated carbocycles. The predicted molar refractivity (Wildman–Crippen MR) is 96.3 cm³/mol. The number of aromatic nitrogens is 1. The van der Waals surface area contributed by atoms with Crippen molar-refractivity contribution in [2.75, 3.05) is 24.5 Å². The van der Waals surface area contributed by atoms with Gasteiger partial charge in [0.05, 0.1) is 5.60 Å². The van der Waals surface area contributed by atoms with Crippen molar-refractivity contribution in [2.24, 2.45) is 0 Å². The number of piperidine rings is 1. The summed E-state index contributed by atoms with van der Waals surface area (Å²) in [6.07, 6.45) is 3.06. The van der Waals surface area contributed by atoms with Crippen LogP contribution in [-0.2, 0) is 0 Å². The smallest absolute Gasteiger partial charge is 0.315 e. The van der Waals surface area contributed by atoms with Crippen molar-refractivity contribution in [3.8, 4) is 0 Å². The van der Waals surface area contributed by atoms with Crippen LogP contribution in [0.2, 0.25) is 0 Å². The van der Waals surface area contributed by atoms with Gasteiger partial charge in [-0.2, -0.15) is 0 Å². The largest absolute Gasteiger partial charge is 0.388 e. The molecule has 2 heterocycles. The first-order chi connectivity index (χ1) is 11.5. The summed E-state index contributed by atoms with van der Waals surface area (Å²) in [7, 11) is 0. The van der Waals surface area contributed by atoms with Crippen molar-refractivity contribution in [1.29, 1.82) is 0 Å². The van der Waals surface area contributed by atoms with Gasteiger partial charge < -0.3 is 20.6 Å². The Kier molecular flexibility index (Phi) is 6.43. The highest BCUT2D eigenvalue weighted by Gasteiger charge is 2.25. The molecule has 0 unspecified atom stereocenters. The van der Waals surface area contributed by atoms with Crippen LogP contribution in [0.4, 0.5) is 10.6 Å². The molecule has 6 nitrogen and oxygen atoms in total. The molecule has 0 bridgehead atoms. The molecule has 3 N–H and O–H groups in total. The number of aryl methyl sites for hydroxylation is 1. The van der Waals surface area contributed by atoms with Gasteiger partial charge in [-0.3, -0.25) is 0 Å². The standard InChI is InChI=1S/C18H30N4O2/c1-4-18(24,5-2)13-19-17(23)21-15-9-11-22(12-10-15)16-8-6-7-14(3)20-16/h6-8,15,24H,4-5,9-13H2,1-3H3,(H2,19,21,23). The fourth-order valence-corrected chi connectivity index (χ4v) is 2.94. The molecule has 0 aliphatic carbocycles. The summed E-state index contributed by atoms with van der Waals surface area (Å²) in [6.45, 7) is 7.91. The van der Waals surface area contributed by atoms with Crippen molar-refractivity contribution in [3.05, 3.63) is 23.9 Å². The maximum atomic E-state index is 12.0. The van der Waals surface area contributed by atoms with Gasteiger partial charge in [-0.05, 0) is 44.7 Å².